The Hall–Kier alpha value is -3.43. The van der Waals surface area contributed by atoms with Gasteiger partial charge in [0.15, 0.2) is 5.69 Å². The molecule has 15 heteroatoms. The van der Waals surface area contributed by atoms with Crippen LogP contribution in [0.1, 0.15) is 33.1 Å². The molecular formula is C17H19F3N6O6. The highest BCUT2D eigenvalue weighted by molar-refractivity contribution is 5.91. The third kappa shape index (κ3) is 7.07. The van der Waals surface area contributed by atoms with E-state index >= 15 is 0 Å². The number of carboxylic acid groups (broad SMARTS) is 1. The Kier molecular flexibility index (Phi) is 8.34. The topological polar surface area (TPSA) is 194 Å². The number of rotatable bonds is 4. The normalized spacial score (nSPS) is 20.6. The number of halogens is 3. The molecule has 1 saturated heterocycles. The van der Waals surface area contributed by atoms with Gasteiger partial charge in [0, 0.05) is 25.5 Å². The van der Waals surface area contributed by atoms with Gasteiger partial charge in [0.1, 0.15) is 18.0 Å². The summed E-state index contributed by atoms with van der Waals surface area (Å²) < 4.78 is 40.7. The molecule has 0 aliphatic carbocycles. The van der Waals surface area contributed by atoms with Crippen LogP contribution in [0, 0.1) is 0 Å². The molecule has 1 aliphatic rings. The Morgan fingerprint density at radius 3 is 2.38 bits per heavy atom. The summed E-state index contributed by atoms with van der Waals surface area (Å²) in [6.07, 6.45) is -3.07. The summed E-state index contributed by atoms with van der Waals surface area (Å²) >= 11 is 0. The molecule has 32 heavy (non-hydrogen) atoms. The minimum atomic E-state index is -4.47. The van der Waals surface area contributed by atoms with Gasteiger partial charge in [0.05, 0.1) is 24.1 Å². The molecule has 3 atom stereocenters. The van der Waals surface area contributed by atoms with Gasteiger partial charge in [-0.3, -0.25) is 9.78 Å². The van der Waals surface area contributed by atoms with E-state index in [4.69, 9.17) is 15.6 Å². The monoisotopic (exact) mass is 460 g/mol. The number of nitrogen functional groups attached to an aromatic ring is 1. The van der Waals surface area contributed by atoms with Crippen molar-refractivity contribution in [2.24, 2.45) is 0 Å². The molecule has 1 amide bonds. The minimum Gasteiger partial charge on any atom is -0.478 e. The number of alkyl halides is 3. The molecule has 0 radical (unpaired) electrons. The van der Waals surface area contributed by atoms with E-state index in [0.717, 1.165) is 18.6 Å². The Bertz CT molecular complexity index is 930. The van der Waals surface area contributed by atoms with Crippen molar-refractivity contribution in [3.05, 3.63) is 41.9 Å². The predicted molar refractivity (Wildman–Crippen MR) is 99.1 cm³/mol. The zero-order valence-corrected chi connectivity index (χ0v) is 16.2. The number of carbonyl (C=O) groups is 2. The van der Waals surface area contributed by atoms with Crippen molar-refractivity contribution in [3.63, 3.8) is 0 Å². The van der Waals surface area contributed by atoms with E-state index < -0.39 is 42.1 Å². The second kappa shape index (κ2) is 10.7. The van der Waals surface area contributed by atoms with Crippen molar-refractivity contribution in [2.45, 2.75) is 30.9 Å². The number of carbonyl (C=O) groups excluding carboxylic acids is 1. The number of anilines is 1. The number of amides is 1. The fourth-order valence-electron chi connectivity index (χ4n) is 2.38. The van der Waals surface area contributed by atoms with E-state index in [9.17, 15) is 33.0 Å². The van der Waals surface area contributed by atoms with E-state index in [1.165, 1.54) is 0 Å². The van der Waals surface area contributed by atoms with Gasteiger partial charge in [-0.05, 0) is 6.42 Å². The molecule has 0 aromatic carbocycles. The van der Waals surface area contributed by atoms with Gasteiger partial charge in [0.2, 0.25) is 5.82 Å². The molecule has 0 bridgehead atoms. The second-order valence-corrected chi connectivity index (χ2v) is 6.39. The molecule has 0 saturated carbocycles. The van der Waals surface area contributed by atoms with Crippen LogP contribution in [-0.2, 0) is 10.9 Å². The number of nitrogens with two attached hydrogens (primary N) is 1. The highest BCUT2D eigenvalue weighted by atomic mass is 19.4. The molecule has 12 nitrogen and oxygen atoms in total. The first-order chi connectivity index (χ1) is 15.0. The third-order valence-electron chi connectivity index (χ3n) is 4.03. The second-order valence-electron chi connectivity index (χ2n) is 6.39. The maximum atomic E-state index is 11.8. The van der Waals surface area contributed by atoms with Crippen molar-refractivity contribution in [1.29, 1.82) is 0 Å². The maximum absolute atomic E-state index is 11.8. The van der Waals surface area contributed by atoms with Gasteiger partial charge in [-0.2, -0.15) is 13.2 Å². The number of nitrogens with zero attached hydrogens (tertiary/aromatic N) is 4. The smallest absolute Gasteiger partial charge is 0.434 e. The van der Waals surface area contributed by atoms with Crippen LogP contribution in [0.2, 0.25) is 0 Å². The average molecular weight is 460 g/mol. The first-order valence-electron chi connectivity index (χ1n) is 8.95. The maximum Gasteiger partial charge on any atom is 0.434 e. The van der Waals surface area contributed by atoms with Crippen molar-refractivity contribution in [1.82, 2.24) is 25.3 Å². The van der Waals surface area contributed by atoms with Crippen LogP contribution < -0.4 is 11.1 Å². The number of nitrogens with one attached hydrogen (secondary N) is 1. The number of hydrogen-bond donors (Lipinski definition) is 5. The highest BCUT2D eigenvalue weighted by Crippen LogP contribution is 2.26. The first-order valence-corrected chi connectivity index (χ1v) is 8.95. The molecule has 2 aromatic heterocycles. The third-order valence-corrected chi connectivity index (χ3v) is 4.03. The Labute approximate surface area is 178 Å². The van der Waals surface area contributed by atoms with Gasteiger partial charge in [0.25, 0.3) is 5.91 Å². The summed E-state index contributed by atoms with van der Waals surface area (Å²) in [7, 11) is 0. The summed E-state index contributed by atoms with van der Waals surface area (Å²) in [4.78, 5) is 36.0. The lowest BCUT2D eigenvalue weighted by Crippen LogP contribution is -2.50. The van der Waals surface area contributed by atoms with Crippen LogP contribution in [0.5, 0.6) is 0 Å². The highest BCUT2D eigenvalue weighted by Gasteiger charge is 2.33. The van der Waals surface area contributed by atoms with Crippen LogP contribution in [-0.4, -0.2) is 78.6 Å². The lowest BCUT2D eigenvalue weighted by molar-refractivity contribution is -0.141. The molecule has 3 rings (SSSR count). The van der Waals surface area contributed by atoms with Crippen LogP contribution >= 0.6 is 0 Å². The summed E-state index contributed by atoms with van der Waals surface area (Å²) in [5.74, 6) is -2.23. The van der Waals surface area contributed by atoms with Crippen molar-refractivity contribution in [2.75, 3.05) is 18.9 Å². The van der Waals surface area contributed by atoms with Gasteiger partial charge in [-0.15, -0.1) is 0 Å². The molecule has 174 valence electrons. The van der Waals surface area contributed by atoms with E-state index in [0.29, 0.717) is 19.2 Å². The SMILES string of the molecule is Nc1cncc(C(F)(F)F)n1.O=C(O)c1cnc(C(=O)NCC2OCCC(O)C2O)nc1. The lowest BCUT2D eigenvalue weighted by atomic mass is 10.0. The van der Waals surface area contributed by atoms with Gasteiger partial charge in [-0.1, -0.05) is 0 Å². The van der Waals surface area contributed by atoms with Crippen molar-refractivity contribution >= 4 is 17.7 Å². The van der Waals surface area contributed by atoms with Crippen LogP contribution in [0.25, 0.3) is 0 Å². The molecule has 1 fully saturated rings. The van der Waals surface area contributed by atoms with Gasteiger partial charge in [-0.25, -0.2) is 19.7 Å². The lowest BCUT2D eigenvalue weighted by Gasteiger charge is -2.31. The Balaban J connectivity index is 0.000000278. The van der Waals surface area contributed by atoms with Crippen LogP contribution in [0.15, 0.2) is 24.8 Å². The Morgan fingerprint density at radius 2 is 1.84 bits per heavy atom. The van der Waals surface area contributed by atoms with Crippen LogP contribution in [0.4, 0.5) is 19.0 Å². The zero-order valence-electron chi connectivity index (χ0n) is 16.2. The molecule has 6 N–H and O–H groups in total. The number of ether oxygens (including phenoxy) is 1. The predicted octanol–water partition coefficient (Wildman–Crippen LogP) is -0.507. The van der Waals surface area contributed by atoms with E-state index in [1.807, 2.05) is 0 Å². The van der Waals surface area contributed by atoms with Gasteiger partial charge >= 0.3 is 12.1 Å². The average Bonchev–Trinajstić information content (AvgIpc) is 2.74. The zero-order chi connectivity index (χ0) is 23.9. The minimum absolute atomic E-state index is 0.0128. The van der Waals surface area contributed by atoms with Crippen molar-refractivity contribution in [3.8, 4) is 0 Å². The fraction of sp³-hybridized carbons (Fsp3) is 0.412. The number of carboxylic acids is 1. The number of aliphatic hydroxyl groups excluding tert-OH is 2. The Morgan fingerprint density at radius 1 is 1.19 bits per heavy atom. The molecule has 3 unspecified atom stereocenters. The van der Waals surface area contributed by atoms with E-state index in [-0.39, 0.29) is 23.8 Å². The number of aliphatic hydroxyl groups is 2. The largest absolute Gasteiger partial charge is 0.478 e. The molecule has 3 heterocycles. The molecule has 1 aliphatic heterocycles. The fourth-order valence-corrected chi connectivity index (χ4v) is 2.38. The van der Waals surface area contributed by atoms with E-state index in [1.54, 1.807) is 0 Å². The molecule has 2 aromatic rings. The number of hydrogen-bond acceptors (Lipinski definition) is 10. The first kappa shape index (κ1) is 24.8. The van der Waals surface area contributed by atoms with Crippen LogP contribution in [0.3, 0.4) is 0 Å². The number of aromatic carboxylic acids is 1. The van der Waals surface area contributed by atoms with E-state index in [2.05, 4.69) is 25.3 Å². The molecule has 0 spiro atoms. The van der Waals surface area contributed by atoms with Crippen molar-refractivity contribution < 1.29 is 42.8 Å². The summed E-state index contributed by atoms with van der Waals surface area (Å²) in [6, 6.07) is 0. The van der Waals surface area contributed by atoms with Gasteiger partial charge < -0.3 is 31.1 Å². The molecular weight excluding hydrogens is 441 g/mol. The quantitative estimate of drug-likeness (QED) is 0.394. The summed E-state index contributed by atoms with van der Waals surface area (Å²) in [6.45, 7) is 0.281. The summed E-state index contributed by atoms with van der Waals surface area (Å²) in [5, 5.41) is 30.3. The summed E-state index contributed by atoms with van der Waals surface area (Å²) in [5.41, 5.74) is 3.79. The standard InChI is InChI=1S/C12H15N3O6.C5H4F3N3/c16-7-1-2-21-8(9(7)17)5-15-11(18)10-13-3-6(4-14-10)12(19)20;6-5(7,8)3-1-10-2-4(9)11-3/h3-4,7-9,16-17H,1-2,5H2,(H,15,18)(H,19,20);1-2H,(H2,9,11). The number of aromatic nitrogens is 4.